The second-order valence-corrected chi connectivity index (χ2v) is 5.82. The fourth-order valence-electron chi connectivity index (χ4n) is 1.30. The van der Waals surface area contributed by atoms with Crippen LogP contribution in [0.3, 0.4) is 0 Å². The summed E-state index contributed by atoms with van der Waals surface area (Å²) >= 11 is 0. The van der Waals surface area contributed by atoms with Crippen molar-refractivity contribution in [2.75, 3.05) is 11.5 Å². The van der Waals surface area contributed by atoms with E-state index in [0.717, 1.165) is 25.7 Å². The second kappa shape index (κ2) is 7.53. The second-order valence-electron chi connectivity index (χ2n) is 3.63. The lowest BCUT2D eigenvalue weighted by Gasteiger charge is -2.02. The van der Waals surface area contributed by atoms with Gasteiger partial charge in [-0.2, -0.15) is 0 Å². The van der Waals surface area contributed by atoms with E-state index >= 15 is 0 Å². The lowest BCUT2D eigenvalue weighted by Crippen LogP contribution is -2.12. The van der Waals surface area contributed by atoms with E-state index in [9.17, 15) is 8.42 Å². The Kier molecular flexibility index (Phi) is 7.15. The Balaban J connectivity index is 3.96. The number of sulfone groups is 1. The Morgan fingerprint density at radius 3 is 2.47 bits per heavy atom. The van der Waals surface area contributed by atoms with Gasteiger partial charge in [0.2, 0.25) is 0 Å². The van der Waals surface area contributed by atoms with Crippen molar-refractivity contribution in [3.8, 4) is 11.8 Å². The van der Waals surface area contributed by atoms with E-state index in [1.807, 2.05) is 0 Å². The Bertz CT molecular complexity index is 342. The Morgan fingerprint density at radius 2 is 1.93 bits per heavy atom. The highest BCUT2D eigenvalue weighted by atomic mass is 32.2. The zero-order valence-corrected chi connectivity index (χ0v) is 10.5. The van der Waals surface area contributed by atoms with Crippen LogP contribution >= 0.6 is 0 Å². The number of hydrogen-bond donors (Lipinski definition) is 0. The first kappa shape index (κ1) is 14.2. The zero-order chi connectivity index (χ0) is 11.7. The molecular formula is C12H20O2S. The quantitative estimate of drug-likeness (QED) is 0.496. The summed E-state index contributed by atoms with van der Waals surface area (Å²) in [5.41, 5.74) is 0.494. The molecule has 0 aliphatic heterocycles. The van der Waals surface area contributed by atoms with E-state index in [4.69, 9.17) is 0 Å². The predicted molar refractivity (Wildman–Crippen MR) is 65.4 cm³/mol. The molecule has 0 fully saturated rings. The first-order valence-corrected chi connectivity index (χ1v) is 7.15. The highest BCUT2D eigenvalue weighted by molar-refractivity contribution is 7.91. The topological polar surface area (TPSA) is 34.1 Å². The molecule has 0 atom stereocenters. The fourth-order valence-corrected chi connectivity index (χ4v) is 2.69. The molecule has 86 valence electrons. The molecule has 3 heteroatoms. The van der Waals surface area contributed by atoms with Crippen molar-refractivity contribution >= 4 is 9.84 Å². The standard InChI is InChI=1S/C12H20O2S/c1-4-6-7-8-10-15(13,14)11-12(3)9-5-2/h3-4,6-8,10-11H2,1-2H3. The van der Waals surface area contributed by atoms with Gasteiger partial charge in [-0.05, 0) is 13.3 Å². The van der Waals surface area contributed by atoms with Gasteiger partial charge in [0.1, 0.15) is 0 Å². The van der Waals surface area contributed by atoms with Crippen molar-refractivity contribution in [2.24, 2.45) is 0 Å². The highest BCUT2D eigenvalue weighted by Crippen LogP contribution is 2.05. The van der Waals surface area contributed by atoms with Gasteiger partial charge >= 0.3 is 0 Å². The predicted octanol–water partition coefficient (Wildman–Crippen LogP) is 2.56. The molecule has 15 heavy (non-hydrogen) atoms. The molecule has 2 nitrogen and oxygen atoms in total. The molecular weight excluding hydrogens is 208 g/mol. The molecule has 0 amide bonds. The average molecular weight is 228 g/mol. The molecule has 0 saturated carbocycles. The van der Waals surface area contributed by atoms with Crippen LogP contribution in [0.15, 0.2) is 12.2 Å². The van der Waals surface area contributed by atoms with Gasteiger partial charge in [0.25, 0.3) is 0 Å². The summed E-state index contributed by atoms with van der Waals surface area (Å²) in [5.74, 6) is 5.61. The number of unbranched alkanes of at least 4 members (excludes halogenated alkanes) is 3. The lowest BCUT2D eigenvalue weighted by molar-refractivity contribution is 0.591. The van der Waals surface area contributed by atoms with Crippen LogP contribution in [0.25, 0.3) is 0 Å². The smallest absolute Gasteiger partial charge is 0.155 e. The van der Waals surface area contributed by atoms with Gasteiger partial charge in [-0.15, -0.1) is 5.92 Å². The summed E-state index contributed by atoms with van der Waals surface area (Å²) in [5, 5.41) is 0. The first-order chi connectivity index (χ1) is 7.02. The van der Waals surface area contributed by atoms with Gasteiger partial charge < -0.3 is 0 Å². The van der Waals surface area contributed by atoms with Crippen LogP contribution < -0.4 is 0 Å². The highest BCUT2D eigenvalue weighted by Gasteiger charge is 2.10. The summed E-state index contributed by atoms with van der Waals surface area (Å²) in [6, 6.07) is 0. The van der Waals surface area contributed by atoms with Gasteiger partial charge in [0, 0.05) is 5.57 Å². The largest absolute Gasteiger partial charge is 0.228 e. The van der Waals surface area contributed by atoms with E-state index in [2.05, 4.69) is 25.3 Å². The Morgan fingerprint density at radius 1 is 1.27 bits per heavy atom. The summed E-state index contributed by atoms with van der Waals surface area (Å²) in [4.78, 5) is 0. The van der Waals surface area contributed by atoms with E-state index in [-0.39, 0.29) is 11.5 Å². The molecule has 0 bridgehead atoms. The molecule has 0 aromatic heterocycles. The van der Waals surface area contributed by atoms with Crippen LogP contribution in [0.5, 0.6) is 0 Å². The van der Waals surface area contributed by atoms with Gasteiger partial charge in [-0.25, -0.2) is 8.42 Å². The van der Waals surface area contributed by atoms with Crippen molar-refractivity contribution in [1.82, 2.24) is 0 Å². The van der Waals surface area contributed by atoms with Crippen molar-refractivity contribution in [2.45, 2.75) is 39.5 Å². The van der Waals surface area contributed by atoms with E-state index < -0.39 is 9.84 Å². The van der Waals surface area contributed by atoms with Gasteiger partial charge in [-0.3, -0.25) is 0 Å². The Labute approximate surface area is 93.7 Å². The van der Waals surface area contributed by atoms with E-state index in [1.54, 1.807) is 6.92 Å². The SMILES string of the molecule is C=C(C#CC)CS(=O)(=O)CCCCCC. The summed E-state index contributed by atoms with van der Waals surface area (Å²) in [6.07, 6.45) is 3.96. The third-order valence-corrected chi connectivity index (χ3v) is 3.70. The maximum Gasteiger partial charge on any atom is 0.155 e. The molecule has 0 aliphatic rings. The molecule has 0 rings (SSSR count). The van der Waals surface area contributed by atoms with E-state index in [1.165, 1.54) is 0 Å². The number of hydrogen-bond acceptors (Lipinski definition) is 2. The molecule has 0 heterocycles. The summed E-state index contributed by atoms with van der Waals surface area (Å²) < 4.78 is 23.1. The van der Waals surface area contributed by atoms with Crippen molar-refractivity contribution in [3.05, 3.63) is 12.2 Å². The molecule has 0 aliphatic carbocycles. The average Bonchev–Trinajstić information content (AvgIpc) is 2.12. The van der Waals surface area contributed by atoms with Gasteiger partial charge in [-0.1, -0.05) is 38.7 Å². The molecule has 0 spiro atoms. The van der Waals surface area contributed by atoms with Crippen LogP contribution in [0.4, 0.5) is 0 Å². The van der Waals surface area contributed by atoms with E-state index in [0.29, 0.717) is 5.57 Å². The summed E-state index contributed by atoms with van der Waals surface area (Å²) in [7, 11) is -2.99. The molecule has 0 aromatic rings. The van der Waals surface area contributed by atoms with Crippen LogP contribution in [-0.4, -0.2) is 19.9 Å². The van der Waals surface area contributed by atoms with Crippen molar-refractivity contribution in [3.63, 3.8) is 0 Å². The molecule has 0 aromatic carbocycles. The summed E-state index contributed by atoms with van der Waals surface area (Å²) in [6.45, 7) is 7.41. The molecule has 0 saturated heterocycles. The van der Waals surface area contributed by atoms with Crippen molar-refractivity contribution in [1.29, 1.82) is 0 Å². The molecule has 0 radical (unpaired) electrons. The first-order valence-electron chi connectivity index (χ1n) is 5.32. The maximum absolute atomic E-state index is 11.6. The zero-order valence-electron chi connectivity index (χ0n) is 9.67. The third kappa shape index (κ3) is 8.26. The van der Waals surface area contributed by atoms with Crippen LogP contribution in [0, 0.1) is 11.8 Å². The minimum atomic E-state index is -2.99. The normalized spacial score (nSPS) is 10.5. The Hall–Kier alpha value is -0.750. The van der Waals surface area contributed by atoms with Gasteiger partial charge in [0.05, 0.1) is 11.5 Å². The fraction of sp³-hybridized carbons (Fsp3) is 0.667. The third-order valence-electron chi connectivity index (χ3n) is 2.00. The minimum Gasteiger partial charge on any atom is -0.228 e. The van der Waals surface area contributed by atoms with Crippen molar-refractivity contribution < 1.29 is 8.42 Å². The lowest BCUT2D eigenvalue weighted by atomic mass is 10.2. The molecule has 0 N–H and O–H groups in total. The van der Waals surface area contributed by atoms with Crippen LogP contribution in [0.1, 0.15) is 39.5 Å². The maximum atomic E-state index is 11.6. The van der Waals surface area contributed by atoms with Crippen LogP contribution in [0.2, 0.25) is 0 Å². The van der Waals surface area contributed by atoms with Crippen LogP contribution in [-0.2, 0) is 9.84 Å². The van der Waals surface area contributed by atoms with Gasteiger partial charge in [0.15, 0.2) is 9.84 Å². The minimum absolute atomic E-state index is 0.0139. The molecule has 0 unspecified atom stereocenters. The monoisotopic (exact) mass is 228 g/mol. The number of rotatable bonds is 7.